The van der Waals surface area contributed by atoms with Crippen LogP contribution in [-0.2, 0) is 20.0 Å². The Hall–Kier alpha value is -3.74. The van der Waals surface area contributed by atoms with E-state index in [4.69, 9.17) is 0 Å². The van der Waals surface area contributed by atoms with E-state index in [9.17, 15) is 9.18 Å². The van der Waals surface area contributed by atoms with Crippen molar-refractivity contribution in [2.75, 3.05) is 16.8 Å². The predicted octanol–water partition coefficient (Wildman–Crippen LogP) is 4.62. The minimum atomic E-state index is -0.358. The fourth-order valence-electron chi connectivity index (χ4n) is 4.44. The van der Waals surface area contributed by atoms with Crippen LogP contribution >= 0.6 is 0 Å². The van der Waals surface area contributed by atoms with E-state index >= 15 is 0 Å². The van der Waals surface area contributed by atoms with E-state index in [-0.39, 0.29) is 11.7 Å². The minimum absolute atomic E-state index is 0.239. The monoisotopic (exact) mass is 429 g/mol. The summed E-state index contributed by atoms with van der Waals surface area (Å²) in [4.78, 5) is 19.6. The number of aromatic nitrogens is 3. The standard InChI is InChI=1S/C25H24FN5O/c1-16-21-13-17(14-27-24(21)30(2)29-16)15-31-12-4-5-20-22(6-3-7-23(20)31)28-25(32)18-8-10-19(26)11-9-18/h3,6-11,13-14H,4-5,12,15H2,1-2H3,(H,28,32). The molecule has 5 rings (SSSR count). The van der Waals surface area contributed by atoms with Crippen LogP contribution in [0, 0.1) is 12.7 Å². The van der Waals surface area contributed by atoms with E-state index in [0.29, 0.717) is 5.56 Å². The van der Waals surface area contributed by atoms with Crippen LogP contribution in [0.2, 0.25) is 0 Å². The Balaban J connectivity index is 1.41. The summed E-state index contributed by atoms with van der Waals surface area (Å²) in [7, 11) is 1.91. The minimum Gasteiger partial charge on any atom is -0.367 e. The fourth-order valence-corrected chi connectivity index (χ4v) is 4.44. The van der Waals surface area contributed by atoms with Gasteiger partial charge in [0.1, 0.15) is 5.82 Å². The maximum atomic E-state index is 13.2. The van der Waals surface area contributed by atoms with Gasteiger partial charge in [0.2, 0.25) is 0 Å². The molecule has 0 unspecified atom stereocenters. The van der Waals surface area contributed by atoms with Gasteiger partial charge >= 0.3 is 0 Å². The average molecular weight is 429 g/mol. The number of anilines is 2. The molecule has 1 aliphatic rings. The molecule has 0 spiro atoms. The lowest BCUT2D eigenvalue weighted by atomic mass is 9.98. The Bertz CT molecular complexity index is 1310. The molecule has 4 aromatic rings. The van der Waals surface area contributed by atoms with Crippen LogP contribution in [0.1, 0.15) is 33.6 Å². The molecule has 32 heavy (non-hydrogen) atoms. The second-order valence-electron chi connectivity index (χ2n) is 8.21. The number of pyridine rings is 1. The molecule has 2 aromatic carbocycles. The number of hydrogen-bond acceptors (Lipinski definition) is 4. The third kappa shape index (κ3) is 3.70. The number of carbonyl (C=O) groups excluding carboxylic acids is 1. The predicted molar refractivity (Wildman–Crippen MR) is 123 cm³/mol. The van der Waals surface area contributed by atoms with Gasteiger partial charge in [-0.25, -0.2) is 9.37 Å². The number of carbonyl (C=O) groups is 1. The van der Waals surface area contributed by atoms with Gasteiger partial charge in [-0.05, 0) is 73.4 Å². The van der Waals surface area contributed by atoms with Gasteiger partial charge in [0.15, 0.2) is 5.65 Å². The highest BCUT2D eigenvalue weighted by Gasteiger charge is 2.21. The number of nitrogens with one attached hydrogen (secondary N) is 1. The van der Waals surface area contributed by atoms with Crippen LogP contribution in [0.5, 0.6) is 0 Å². The first-order valence-electron chi connectivity index (χ1n) is 10.7. The zero-order chi connectivity index (χ0) is 22.2. The van der Waals surface area contributed by atoms with Gasteiger partial charge in [0, 0.05) is 48.7 Å². The summed E-state index contributed by atoms with van der Waals surface area (Å²) >= 11 is 0. The van der Waals surface area contributed by atoms with Crippen molar-refractivity contribution >= 4 is 28.3 Å². The van der Waals surface area contributed by atoms with Gasteiger partial charge in [-0.2, -0.15) is 5.10 Å². The van der Waals surface area contributed by atoms with Gasteiger partial charge in [-0.15, -0.1) is 0 Å². The summed E-state index contributed by atoms with van der Waals surface area (Å²) in [6.45, 7) is 3.67. The van der Waals surface area contributed by atoms with E-state index < -0.39 is 0 Å². The molecule has 1 N–H and O–H groups in total. The van der Waals surface area contributed by atoms with Crippen molar-refractivity contribution < 1.29 is 9.18 Å². The van der Waals surface area contributed by atoms with Gasteiger partial charge in [0.05, 0.1) is 5.69 Å². The summed E-state index contributed by atoms with van der Waals surface area (Å²) in [6.07, 6.45) is 3.81. The maximum Gasteiger partial charge on any atom is 0.255 e. The number of benzene rings is 2. The fraction of sp³-hybridized carbons (Fsp3) is 0.240. The van der Waals surface area contributed by atoms with Crippen molar-refractivity contribution in [3.05, 3.63) is 82.9 Å². The summed E-state index contributed by atoms with van der Waals surface area (Å²) in [5, 5.41) is 8.55. The molecule has 162 valence electrons. The average Bonchev–Trinajstić information content (AvgIpc) is 3.08. The van der Waals surface area contributed by atoms with Crippen LogP contribution in [0.4, 0.5) is 15.8 Å². The van der Waals surface area contributed by atoms with Gasteiger partial charge in [-0.1, -0.05) is 6.07 Å². The normalized spacial score (nSPS) is 13.3. The van der Waals surface area contributed by atoms with Crippen LogP contribution in [0.3, 0.4) is 0 Å². The Morgan fingerprint density at radius 3 is 2.81 bits per heavy atom. The highest BCUT2D eigenvalue weighted by atomic mass is 19.1. The van der Waals surface area contributed by atoms with Crippen LogP contribution in [0.15, 0.2) is 54.7 Å². The molecule has 3 heterocycles. The van der Waals surface area contributed by atoms with Gasteiger partial charge < -0.3 is 10.2 Å². The molecule has 6 nitrogen and oxygen atoms in total. The number of nitrogens with zero attached hydrogens (tertiary/aromatic N) is 4. The number of aryl methyl sites for hydroxylation is 2. The summed E-state index contributed by atoms with van der Waals surface area (Å²) in [6, 6.07) is 13.7. The van der Waals surface area contributed by atoms with Crippen molar-refractivity contribution in [2.24, 2.45) is 7.05 Å². The van der Waals surface area contributed by atoms with E-state index in [1.165, 1.54) is 24.3 Å². The number of halogens is 1. The number of fused-ring (bicyclic) bond motifs is 2. The second-order valence-corrected chi connectivity index (χ2v) is 8.21. The molecule has 0 fully saturated rings. The molecule has 0 bridgehead atoms. The maximum absolute atomic E-state index is 13.2. The van der Waals surface area contributed by atoms with Crippen molar-refractivity contribution in [1.29, 1.82) is 0 Å². The highest BCUT2D eigenvalue weighted by molar-refractivity contribution is 6.05. The lowest BCUT2D eigenvalue weighted by Crippen LogP contribution is -2.29. The number of amides is 1. The molecule has 7 heteroatoms. The quantitative estimate of drug-likeness (QED) is 0.514. The van der Waals surface area contributed by atoms with E-state index in [1.807, 2.05) is 32.3 Å². The molecule has 0 atom stereocenters. The van der Waals surface area contributed by atoms with Crippen molar-refractivity contribution in [1.82, 2.24) is 14.8 Å². The molecule has 1 aliphatic heterocycles. The van der Waals surface area contributed by atoms with Crippen LogP contribution in [-0.4, -0.2) is 27.2 Å². The summed E-state index contributed by atoms with van der Waals surface area (Å²) in [5.41, 5.74) is 6.47. The summed E-state index contributed by atoms with van der Waals surface area (Å²) in [5.74, 6) is -0.597. The molecule has 0 aliphatic carbocycles. The molecule has 0 saturated heterocycles. The lowest BCUT2D eigenvalue weighted by molar-refractivity contribution is 0.102. The summed E-state index contributed by atoms with van der Waals surface area (Å²) < 4.78 is 15.0. The topological polar surface area (TPSA) is 63.1 Å². The smallest absolute Gasteiger partial charge is 0.255 e. The molecule has 1 amide bonds. The number of rotatable bonds is 4. The Morgan fingerprint density at radius 1 is 1.19 bits per heavy atom. The molecular formula is C25H24FN5O. The molecule has 0 saturated carbocycles. The zero-order valence-corrected chi connectivity index (χ0v) is 18.1. The van der Waals surface area contributed by atoms with Crippen molar-refractivity contribution in [3.8, 4) is 0 Å². The number of hydrogen-bond donors (Lipinski definition) is 1. The molecular weight excluding hydrogens is 405 g/mol. The lowest BCUT2D eigenvalue weighted by Gasteiger charge is -2.32. The van der Waals surface area contributed by atoms with Crippen molar-refractivity contribution in [2.45, 2.75) is 26.3 Å². The Kier molecular flexibility index (Phi) is 5.09. The van der Waals surface area contributed by atoms with E-state index in [2.05, 4.69) is 32.4 Å². The molecule has 0 radical (unpaired) electrons. The van der Waals surface area contributed by atoms with Crippen LogP contribution in [0.25, 0.3) is 11.0 Å². The zero-order valence-electron chi connectivity index (χ0n) is 18.1. The van der Waals surface area contributed by atoms with Crippen LogP contribution < -0.4 is 10.2 Å². The highest BCUT2D eigenvalue weighted by Crippen LogP contribution is 2.34. The third-order valence-corrected chi connectivity index (χ3v) is 5.99. The largest absolute Gasteiger partial charge is 0.367 e. The molecule has 2 aromatic heterocycles. The first-order chi connectivity index (χ1) is 15.5. The first-order valence-corrected chi connectivity index (χ1v) is 10.7. The van der Waals surface area contributed by atoms with E-state index in [1.54, 1.807) is 4.68 Å². The van der Waals surface area contributed by atoms with Gasteiger partial charge in [0.25, 0.3) is 5.91 Å². The van der Waals surface area contributed by atoms with Gasteiger partial charge in [-0.3, -0.25) is 9.48 Å². The Morgan fingerprint density at radius 2 is 2.00 bits per heavy atom. The van der Waals surface area contributed by atoms with E-state index in [0.717, 1.165) is 65.2 Å². The second kappa shape index (κ2) is 8.07. The Labute approximate surface area is 185 Å². The van der Waals surface area contributed by atoms with Crippen molar-refractivity contribution in [3.63, 3.8) is 0 Å². The SMILES string of the molecule is Cc1nn(C)c2ncc(CN3CCCc4c(NC(=O)c5ccc(F)cc5)cccc43)cc12. The third-order valence-electron chi connectivity index (χ3n) is 5.99. The first kappa shape index (κ1) is 20.2.